The summed E-state index contributed by atoms with van der Waals surface area (Å²) in [4.78, 5) is 17.1. The van der Waals surface area contributed by atoms with Crippen LogP contribution in [0.4, 0.5) is 5.69 Å². The highest BCUT2D eigenvalue weighted by Gasteiger charge is 2.49. The monoisotopic (exact) mass is 404 g/mol. The standard InChI is InChI=1S/C26H32N2O2/c1-4-12-25(30)13-14-26(5-2)21(17-25)10-8-19-16-20(9-11-22(19)26)24(29)28-23-7-6-15-27-18(23)3/h6-11,15-16,21,30H,4-5,12-14,17H2,1-3H3,(H,28,29)/t21-,25+,26+/m0/s1. The van der Waals surface area contributed by atoms with Crippen LogP contribution < -0.4 is 5.32 Å². The molecule has 1 heterocycles. The van der Waals surface area contributed by atoms with Gasteiger partial charge in [0.05, 0.1) is 17.0 Å². The lowest BCUT2D eigenvalue weighted by atomic mass is 9.55. The maximum absolute atomic E-state index is 12.8. The summed E-state index contributed by atoms with van der Waals surface area (Å²) in [5.41, 5.74) is 4.17. The summed E-state index contributed by atoms with van der Waals surface area (Å²) in [5, 5.41) is 14.0. The van der Waals surface area contributed by atoms with Crippen molar-refractivity contribution in [3.63, 3.8) is 0 Å². The zero-order valence-corrected chi connectivity index (χ0v) is 18.2. The summed E-state index contributed by atoms with van der Waals surface area (Å²) in [5.74, 6) is 0.231. The lowest BCUT2D eigenvalue weighted by Crippen LogP contribution is -2.48. The van der Waals surface area contributed by atoms with Crippen LogP contribution in [0.5, 0.6) is 0 Å². The van der Waals surface area contributed by atoms with Gasteiger partial charge in [-0.1, -0.05) is 38.5 Å². The van der Waals surface area contributed by atoms with Crippen LogP contribution >= 0.6 is 0 Å². The van der Waals surface area contributed by atoms with Gasteiger partial charge in [-0.25, -0.2) is 0 Å². The number of hydrogen-bond acceptors (Lipinski definition) is 3. The lowest BCUT2D eigenvalue weighted by Gasteiger charge is -2.51. The molecule has 2 aromatic rings. The number of aryl methyl sites for hydroxylation is 1. The summed E-state index contributed by atoms with van der Waals surface area (Å²) in [6, 6.07) is 9.79. The van der Waals surface area contributed by atoms with Gasteiger partial charge in [0.25, 0.3) is 5.91 Å². The zero-order chi connectivity index (χ0) is 21.4. The van der Waals surface area contributed by atoms with Gasteiger partial charge in [-0.2, -0.15) is 0 Å². The molecule has 1 amide bonds. The summed E-state index contributed by atoms with van der Waals surface area (Å²) >= 11 is 0. The quantitative estimate of drug-likeness (QED) is 0.677. The van der Waals surface area contributed by atoms with E-state index >= 15 is 0 Å². The number of allylic oxidation sites excluding steroid dienone is 1. The third-order valence-electron chi connectivity index (χ3n) is 7.31. The van der Waals surface area contributed by atoms with E-state index in [2.05, 4.69) is 42.4 Å². The molecule has 2 aliphatic carbocycles. The van der Waals surface area contributed by atoms with Crippen LogP contribution in [0.15, 0.2) is 42.6 Å². The fraction of sp³-hybridized carbons (Fsp3) is 0.462. The highest BCUT2D eigenvalue weighted by Crippen LogP contribution is 2.54. The first-order valence-corrected chi connectivity index (χ1v) is 11.2. The van der Waals surface area contributed by atoms with Crippen LogP contribution in [-0.2, 0) is 5.41 Å². The first-order valence-electron chi connectivity index (χ1n) is 11.2. The van der Waals surface area contributed by atoms with Crippen molar-refractivity contribution in [1.29, 1.82) is 0 Å². The van der Waals surface area contributed by atoms with Crippen LogP contribution in [0.25, 0.3) is 6.08 Å². The molecule has 1 aromatic carbocycles. The fourth-order valence-corrected chi connectivity index (χ4v) is 5.58. The number of carbonyl (C=O) groups excluding carboxylic acids is 1. The fourth-order valence-electron chi connectivity index (χ4n) is 5.58. The number of aliphatic hydroxyl groups is 1. The molecule has 4 nitrogen and oxygen atoms in total. The molecule has 1 fully saturated rings. The minimum atomic E-state index is -0.540. The van der Waals surface area contributed by atoms with Crippen molar-refractivity contribution >= 4 is 17.7 Å². The van der Waals surface area contributed by atoms with Crippen LogP contribution in [0.1, 0.15) is 79.6 Å². The summed E-state index contributed by atoms with van der Waals surface area (Å²) in [6.07, 6.45) is 11.7. The Morgan fingerprint density at radius 2 is 2.10 bits per heavy atom. The number of nitrogens with zero attached hydrogens (tertiary/aromatic N) is 1. The maximum atomic E-state index is 12.8. The van der Waals surface area contributed by atoms with Crippen molar-refractivity contribution in [3.8, 4) is 0 Å². The van der Waals surface area contributed by atoms with E-state index < -0.39 is 5.60 Å². The number of amides is 1. The molecule has 2 aliphatic rings. The van der Waals surface area contributed by atoms with Crippen molar-refractivity contribution in [3.05, 3.63) is 65.0 Å². The van der Waals surface area contributed by atoms with E-state index in [1.54, 1.807) is 6.20 Å². The largest absolute Gasteiger partial charge is 0.390 e. The second-order valence-electron chi connectivity index (χ2n) is 9.05. The van der Waals surface area contributed by atoms with Gasteiger partial charge in [-0.15, -0.1) is 0 Å². The number of nitrogens with one attached hydrogen (secondary N) is 1. The number of benzene rings is 1. The number of pyridine rings is 1. The molecule has 0 spiro atoms. The zero-order valence-electron chi connectivity index (χ0n) is 18.2. The number of anilines is 1. The maximum Gasteiger partial charge on any atom is 0.255 e. The average Bonchev–Trinajstić information content (AvgIpc) is 2.74. The highest BCUT2D eigenvalue weighted by atomic mass is 16.3. The molecule has 158 valence electrons. The van der Waals surface area contributed by atoms with E-state index in [0.29, 0.717) is 11.5 Å². The van der Waals surface area contributed by atoms with Crippen molar-refractivity contribution in [2.75, 3.05) is 5.32 Å². The van der Waals surface area contributed by atoms with Gasteiger partial charge in [-0.3, -0.25) is 9.78 Å². The van der Waals surface area contributed by atoms with Gasteiger partial charge in [0.1, 0.15) is 0 Å². The van der Waals surface area contributed by atoms with Crippen LogP contribution in [-0.4, -0.2) is 21.6 Å². The molecular weight excluding hydrogens is 372 g/mol. The molecule has 0 unspecified atom stereocenters. The molecule has 0 aliphatic heterocycles. The molecule has 4 heteroatoms. The van der Waals surface area contributed by atoms with Gasteiger partial charge in [0.15, 0.2) is 0 Å². The second kappa shape index (κ2) is 7.99. The first kappa shape index (κ1) is 20.8. The van der Waals surface area contributed by atoms with Crippen LogP contribution in [0, 0.1) is 12.8 Å². The Morgan fingerprint density at radius 3 is 2.83 bits per heavy atom. The molecule has 1 saturated carbocycles. The summed E-state index contributed by atoms with van der Waals surface area (Å²) < 4.78 is 0. The van der Waals surface area contributed by atoms with E-state index in [0.717, 1.165) is 55.5 Å². The Bertz CT molecular complexity index is 983. The third-order valence-corrected chi connectivity index (χ3v) is 7.31. The molecule has 0 saturated heterocycles. The minimum absolute atomic E-state index is 0.0546. The Hall–Kier alpha value is -2.46. The van der Waals surface area contributed by atoms with Crippen molar-refractivity contribution in [2.45, 2.75) is 70.3 Å². The number of fused-ring (bicyclic) bond motifs is 3. The molecule has 30 heavy (non-hydrogen) atoms. The summed E-state index contributed by atoms with van der Waals surface area (Å²) in [7, 11) is 0. The Morgan fingerprint density at radius 1 is 1.27 bits per heavy atom. The van der Waals surface area contributed by atoms with E-state index in [-0.39, 0.29) is 11.3 Å². The smallest absolute Gasteiger partial charge is 0.255 e. The van der Waals surface area contributed by atoms with Gasteiger partial charge in [0, 0.05) is 17.2 Å². The van der Waals surface area contributed by atoms with Gasteiger partial charge in [-0.05, 0) is 80.3 Å². The molecular formula is C26H32N2O2. The topological polar surface area (TPSA) is 62.2 Å². The Kier molecular flexibility index (Phi) is 5.54. The molecule has 0 radical (unpaired) electrons. The van der Waals surface area contributed by atoms with Gasteiger partial charge >= 0.3 is 0 Å². The van der Waals surface area contributed by atoms with Crippen molar-refractivity contribution in [2.24, 2.45) is 5.92 Å². The van der Waals surface area contributed by atoms with Crippen molar-refractivity contribution < 1.29 is 9.90 Å². The van der Waals surface area contributed by atoms with Gasteiger partial charge in [0.2, 0.25) is 0 Å². The number of rotatable bonds is 5. The highest BCUT2D eigenvalue weighted by molar-refractivity contribution is 6.05. The van der Waals surface area contributed by atoms with E-state index in [4.69, 9.17) is 0 Å². The Balaban J connectivity index is 1.62. The molecule has 3 atom stereocenters. The van der Waals surface area contributed by atoms with Crippen LogP contribution in [0.2, 0.25) is 0 Å². The predicted octanol–water partition coefficient (Wildman–Crippen LogP) is 5.65. The summed E-state index contributed by atoms with van der Waals surface area (Å²) in [6.45, 7) is 6.29. The average molecular weight is 405 g/mol. The molecule has 0 bridgehead atoms. The van der Waals surface area contributed by atoms with E-state index in [9.17, 15) is 9.90 Å². The molecule has 2 N–H and O–H groups in total. The lowest BCUT2D eigenvalue weighted by molar-refractivity contribution is -0.0426. The normalized spacial score (nSPS) is 27.3. The number of hydrogen-bond donors (Lipinski definition) is 2. The number of aromatic nitrogens is 1. The Labute approximate surface area is 179 Å². The molecule has 4 rings (SSSR count). The molecule has 1 aromatic heterocycles. The first-order chi connectivity index (χ1) is 14.4. The SMILES string of the molecule is CCC[C@@]1(O)CC[C@@]2(CC)c3ccc(C(=O)Nc4cccnc4C)cc3C=C[C@H]2C1. The van der Waals surface area contributed by atoms with E-state index in [1.807, 2.05) is 31.2 Å². The van der Waals surface area contributed by atoms with Crippen LogP contribution in [0.3, 0.4) is 0 Å². The van der Waals surface area contributed by atoms with E-state index in [1.165, 1.54) is 5.56 Å². The van der Waals surface area contributed by atoms with Crippen molar-refractivity contribution in [1.82, 2.24) is 4.98 Å². The second-order valence-corrected chi connectivity index (χ2v) is 9.05. The minimum Gasteiger partial charge on any atom is -0.390 e. The van der Waals surface area contributed by atoms with Gasteiger partial charge < -0.3 is 10.4 Å². The predicted molar refractivity (Wildman–Crippen MR) is 122 cm³/mol. The number of carbonyl (C=O) groups is 1. The third kappa shape index (κ3) is 3.58.